The lowest BCUT2D eigenvalue weighted by atomic mass is 9.98. The number of piperidine rings is 1. The van der Waals surface area contributed by atoms with Gasteiger partial charge in [-0.2, -0.15) is 4.31 Å². The van der Waals surface area contributed by atoms with Crippen molar-refractivity contribution in [1.29, 1.82) is 0 Å². The van der Waals surface area contributed by atoms with Crippen molar-refractivity contribution in [2.24, 2.45) is 5.92 Å². The first-order chi connectivity index (χ1) is 16.2. The molecule has 1 N–H and O–H groups in total. The fourth-order valence-electron chi connectivity index (χ4n) is 4.62. The molecule has 0 aliphatic carbocycles. The summed E-state index contributed by atoms with van der Waals surface area (Å²) in [5.74, 6) is -0.622. The number of sulfonamides is 1. The number of anilines is 2. The van der Waals surface area contributed by atoms with Gasteiger partial charge in [0.1, 0.15) is 0 Å². The number of hydrogen-bond donors (Lipinski definition) is 1. The Morgan fingerprint density at radius 3 is 2.53 bits per heavy atom. The highest BCUT2D eigenvalue weighted by Gasteiger charge is 2.36. The number of rotatable bonds is 6. The number of hydrogen-bond acceptors (Lipinski definition) is 4. The van der Waals surface area contributed by atoms with Crippen LogP contribution in [0.5, 0.6) is 0 Å². The molecule has 0 bridgehead atoms. The first kappa shape index (κ1) is 24.9. The molecular formula is C25H30BrN3O4S. The van der Waals surface area contributed by atoms with Crippen LogP contribution in [0.2, 0.25) is 0 Å². The van der Waals surface area contributed by atoms with Gasteiger partial charge in [-0.1, -0.05) is 26.0 Å². The Kier molecular flexibility index (Phi) is 7.45. The number of carbonyl (C=O) groups excluding carboxylic acids is 2. The van der Waals surface area contributed by atoms with Crippen molar-refractivity contribution >= 4 is 49.1 Å². The van der Waals surface area contributed by atoms with Crippen LogP contribution >= 0.6 is 15.9 Å². The molecule has 34 heavy (non-hydrogen) atoms. The molecule has 0 aromatic heterocycles. The largest absolute Gasteiger partial charge is 0.326 e. The van der Waals surface area contributed by atoms with Gasteiger partial charge in [-0.25, -0.2) is 8.42 Å². The smallest absolute Gasteiger partial charge is 0.244 e. The van der Waals surface area contributed by atoms with Crippen LogP contribution < -0.4 is 10.2 Å². The van der Waals surface area contributed by atoms with Gasteiger partial charge in [-0.05, 0) is 77.0 Å². The van der Waals surface area contributed by atoms with E-state index in [1.807, 2.05) is 24.3 Å². The van der Waals surface area contributed by atoms with E-state index in [-0.39, 0.29) is 23.3 Å². The molecule has 2 aromatic rings. The zero-order chi connectivity index (χ0) is 24.5. The average Bonchev–Trinajstić information content (AvgIpc) is 3.26. The van der Waals surface area contributed by atoms with Gasteiger partial charge < -0.3 is 10.2 Å². The molecule has 2 aromatic carbocycles. The van der Waals surface area contributed by atoms with Crippen molar-refractivity contribution < 1.29 is 18.0 Å². The molecule has 2 aliphatic heterocycles. The number of nitrogens with zero attached hydrogens (tertiary/aromatic N) is 2. The molecule has 7 nitrogen and oxygen atoms in total. The SMILES string of the molecule is CCC(=O)N1CCc2cc(Br)c(S(=O)(=O)N3CCCC(C(=O)Nc4ccc(CC)cc4)C3)cc21. The van der Waals surface area contributed by atoms with Gasteiger partial charge in [-0.3, -0.25) is 9.59 Å². The molecular weight excluding hydrogens is 518 g/mol. The summed E-state index contributed by atoms with van der Waals surface area (Å²) in [6.07, 6.45) is 3.23. The second-order valence-electron chi connectivity index (χ2n) is 8.80. The third kappa shape index (κ3) is 4.92. The maximum atomic E-state index is 13.6. The van der Waals surface area contributed by atoms with E-state index in [1.165, 1.54) is 9.87 Å². The van der Waals surface area contributed by atoms with Crippen molar-refractivity contribution in [3.63, 3.8) is 0 Å². The van der Waals surface area contributed by atoms with Crippen molar-refractivity contribution in [2.45, 2.75) is 50.8 Å². The molecule has 4 rings (SSSR count). The summed E-state index contributed by atoms with van der Waals surface area (Å²) in [4.78, 5) is 27.1. The molecule has 2 heterocycles. The highest BCUT2D eigenvalue weighted by Crippen LogP contribution is 2.37. The standard InChI is InChI=1S/C25H30BrN3O4S/c1-3-17-7-9-20(10-8-17)27-25(31)19-6-5-12-28(16-19)34(32,33)23-15-22-18(14-21(23)26)11-13-29(22)24(30)4-2/h7-10,14-15,19H,3-6,11-13,16H2,1-2H3,(H,27,31). The van der Waals surface area contributed by atoms with Crippen molar-refractivity contribution in [3.05, 3.63) is 52.0 Å². The Bertz CT molecular complexity index is 1200. The van der Waals surface area contributed by atoms with Gasteiger partial charge in [0, 0.05) is 41.9 Å². The third-order valence-corrected chi connectivity index (χ3v) is 9.46. The lowest BCUT2D eigenvalue weighted by molar-refractivity contribution is -0.121. The number of nitrogens with one attached hydrogen (secondary N) is 1. The Balaban J connectivity index is 1.53. The molecule has 1 atom stereocenters. The first-order valence-electron chi connectivity index (χ1n) is 11.8. The van der Waals surface area contributed by atoms with Crippen molar-refractivity contribution in [3.8, 4) is 0 Å². The Morgan fingerprint density at radius 1 is 1.12 bits per heavy atom. The molecule has 1 saturated heterocycles. The van der Waals surface area contributed by atoms with Gasteiger partial charge in [-0.15, -0.1) is 0 Å². The summed E-state index contributed by atoms with van der Waals surface area (Å²) in [6, 6.07) is 11.1. The number of halogens is 1. The Morgan fingerprint density at radius 2 is 1.85 bits per heavy atom. The van der Waals surface area contributed by atoms with Crippen molar-refractivity contribution in [1.82, 2.24) is 4.31 Å². The normalized spacial score (nSPS) is 18.6. The van der Waals surface area contributed by atoms with Crippen LogP contribution in [0, 0.1) is 5.92 Å². The monoisotopic (exact) mass is 547 g/mol. The maximum Gasteiger partial charge on any atom is 0.244 e. The van der Waals surface area contributed by atoms with E-state index in [0.29, 0.717) is 54.6 Å². The fraction of sp³-hybridized carbons (Fsp3) is 0.440. The van der Waals surface area contributed by atoms with Crippen LogP contribution in [0.4, 0.5) is 11.4 Å². The highest BCUT2D eigenvalue weighted by molar-refractivity contribution is 9.10. The van der Waals surface area contributed by atoms with E-state index < -0.39 is 15.9 Å². The first-order valence-corrected chi connectivity index (χ1v) is 14.0. The summed E-state index contributed by atoms with van der Waals surface area (Å²) >= 11 is 3.44. The Labute approximate surface area is 209 Å². The van der Waals surface area contributed by atoms with Crippen LogP contribution in [-0.4, -0.2) is 44.2 Å². The topological polar surface area (TPSA) is 86.8 Å². The van der Waals surface area contributed by atoms with Gasteiger partial charge in [0.15, 0.2) is 0 Å². The van der Waals surface area contributed by atoms with Crippen LogP contribution in [0.15, 0.2) is 45.8 Å². The van der Waals surface area contributed by atoms with Crippen LogP contribution in [0.3, 0.4) is 0 Å². The predicted octanol–water partition coefficient (Wildman–Crippen LogP) is 4.35. The minimum atomic E-state index is -3.85. The number of aryl methyl sites for hydroxylation is 1. The third-order valence-electron chi connectivity index (χ3n) is 6.63. The highest BCUT2D eigenvalue weighted by atomic mass is 79.9. The van der Waals surface area contributed by atoms with E-state index in [4.69, 9.17) is 0 Å². The second kappa shape index (κ2) is 10.2. The maximum absolute atomic E-state index is 13.6. The summed E-state index contributed by atoms with van der Waals surface area (Å²) in [5, 5.41) is 2.93. The van der Waals surface area contributed by atoms with Crippen molar-refractivity contribution in [2.75, 3.05) is 29.9 Å². The quantitative estimate of drug-likeness (QED) is 0.582. The summed E-state index contributed by atoms with van der Waals surface area (Å²) in [7, 11) is -3.85. The minimum Gasteiger partial charge on any atom is -0.326 e. The second-order valence-corrected chi connectivity index (χ2v) is 11.6. The van der Waals surface area contributed by atoms with E-state index in [0.717, 1.165) is 12.0 Å². The van der Waals surface area contributed by atoms with E-state index >= 15 is 0 Å². The van der Waals surface area contributed by atoms with Crippen LogP contribution in [-0.2, 0) is 32.5 Å². The lowest BCUT2D eigenvalue weighted by Gasteiger charge is -2.31. The van der Waals surface area contributed by atoms with Gasteiger partial charge in [0.25, 0.3) is 0 Å². The van der Waals surface area contributed by atoms with E-state index in [2.05, 4.69) is 28.2 Å². The number of fused-ring (bicyclic) bond motifs is 1. The molecule has 0 saturated carbocycles. The van der Waals surface area contributed by atoms with Crippen LogP contribution in [0.25, 0.3) is 0 Å². The molecule has 2 amide bonds. The molecule has 1 unspecified atom stereocenters. The summed E-state index contributed by atoms with van der Waals surface area (Å²) in [6.45, 7) is 4.92. The molecule has 2 aliphatic rings. The number of benzene rings is 2. The molecule has 1 fully saturated rings. The van der Waals surface area contributed by atoms with E-state index in [9.17, 15) is 18.0 Å². The van der Waals surface area contributed by atoms with E-state index in [1.54, 1.807) is 24.0 Å². The zero-order valence-corrected chi connectivity index (χ0v) is 21.9. The molecule has 9 heteroatoms. The lowest BCUT2D eigenvalue weighted by Crippen LogP contribution is -2.43. The van der Waals surface area contributed by atoms with Gasteiger partial charge in [0.2, 0.25) is 21.8 Å². The predicted molar refractivity (Wildman–Crippen MR) is 136 cm³/mol. The summed E-state index contributed by atoms with van der Waals surface area (Å²) in [5.41, 5.74) is 3.52. The Hall–Kier alpha value is -2.23. The molecule has 0 radical (unpaired) electrons. The summed E-state index contributed by atoms with van der Waals surface area (Å²) < 4.78 is 29.1. The number of carbonyl (C=O) groups is 2. The molecule has 0 spiro atoms. The minimum absolute atomic E-state index is 0.0221. The molecule has 182 valence electrons. The van der Waals surface area contributed by atoms with Crippen LogP contribution in [0.1, 0.15) is 44.2 Å². The van der Waals surface area contributed by atoms with Gasteiger partial charge in [0.05, 0.1) is 10.8 Å². The van der Waals surface area contributed by atoms with Gasteiger partial charge >= 0.3 is 0 Å². The average molecular weight is 549 g/mol. The zero-order valence-electron chi connectivity index (χ0n) is 19.5. The number of amides is 2. The fourth-order valence-corrected chi connectivity index (χ4v) is 7.21.